The lowest BCUT2D eigenvalue weighted by Crippen LogP contribution is -2.33. The lowest BCUT2D eigenvalue weighted by molar-refractivity contribution is -0.119. The van der Waals surface area contributed by atoms with Crippen molar-refractivity contribution in [1.82, 2.24) is 14.5 Å². The molecule has 1 amide bonds. The van der Waals surface area contributed by atoms with Crippen LogP contribution in [0.3, 0.4) is 0 Å². The zero-order valence-corrected chi connectivity index (χ0v) is 19.3. The Morgan fingerprint density at radius 3 is 2.78 bits per heavy atom. The number of amides is 1. The van der Waals surface area contributed by atoms with Crippen LogP contribution in [-0.4, -0.2) is 34.1 Å². The van der Waals surface area contributed by atoms with Crippen molar-refractivity contribution in [1.29, 1.82) is 0 Å². The van der Waals surface area contributed by atoms with Crippen LogP contribution in [0.2, 0.25) is 0 Å². The number of benzene rings is 2. The van der Waals surface area contributed by atoms with Gasteiger partial charge in [-0.2, -0.15) is 0 Å². The minimum absolute atomic E-state index is 0.0180. The molecule has 0 spiro atoms. The van der Waals surface area contributed by atoms with Crippen molar-refractivity contribution in [2.24, 2.45) is 0 Å². The van der Waals surface area contributed by atoms with E-state index >= 15 is 0 Å². The standard InChI is InChI=1S/C25H26N4O2S/c1-4-28(20-9-5-7-18(2)13-20)24(30)16-29-23-15-26-12-11-22(23)27-25(29)32-17-19-8-6-10-21(14-19)31-3/h5-15H,4,16-17H2,1-3H3. The molecule has 0 unspecified atom stereocenters. The molecular formula is C25H26N4O2S. The van der Waals surface area contributed by atoms with Crippen LogP contribution < -0.4 is 9.64 Å². The van der Waals surface area contributed by atoms with E-state index in [4.69, 9.17) is 9.72 Å². The Labute approximate surface area is 192 Å². The van der Waals surface area contributed by atoms with Crippen molar-refractivity contribution in [3.8, 4) is 5.75 Å². The number of thioether (sulfide) groups is 1. The first-order valence-electron chi connectivity index (χ1n) is 10.5. The van der Waals surface area contributed by atoms with Gasteiger partial charge in [0.05, 0.1) is 24.3 Å². The molecule has 2 aromatic heterocycles. The van der Waals surface area contributed by atoms with Crippen LogP contribution in [0.4, 0.5) is 5.69 Å². The van der Waals surface area contributed by atoms with Gasteiger partial charge in [-0.1, -0.05) is 36.0 Å². The van der Waals surface area contributed by atoms with Crippen LogP contribution in [0, 0.1) is 6.92 Å². The summed E-state index contributed by atoms with van der Waals surface area (Å²) in [7, 11) is 1.66. The Kier molecular flexibility index (Phi) is 6.75. The molecule has 7 heteroatoms. The first kappa shape index (κ1) is 21.9. The van der Waals surface area contributed by atoms with Gasteiger partial charge in [-0.3, -0.25) is 9.78 Å². The van der Waals surface area contributed by atoms with Gasteiger partial charge in [-0.05, 0) is 55.3 Å². The van der Waals surface area contributed by atoms with Gasteiger partial charge in [0.25, 0.3) is 0 Å². The van der Waals surface area contributed by atoms with Crippen molar-refractivity contribution in [2.45, 2.75) is 31.3 Å². The average molecular weight is 447 g/mol. The van der Waals surface area contributed by atoms with Gasteiger partial charge in [-0.15, -0.1) is 0 Å². The molecule has 0 saturated heterocycles. The van der Waals surface area contributed by atoms with Crippen LogP contribution in [-0.2, 0) is 17.1 Å². The molecule has 6 nitrogen and oxygen atoms in total. The highest BCUT2D eigenvalue weighted by Gasteiger charge is 2.19. The molecule has 0 aliphatic rings. The van der Waals surface area contributed by atoms with E-state index < -0.39 is 0 Å². The number of hydrogen-bond acceptors (Lipinski definition) is 5. The van der Waals surface area contributed by atoms with E-state index in [0.717, 1.165) is 44.5 Å². The molecule has 0 saturated carbocycles. The number of ether oxygens (including phenoxy) is 1. The maximum Gasteiger partial charge on any atom is 0.247 e. The summed E-state index contributed by atoms with van der Waals surface area (Å²) < 4.78 is 7.30. The fraction of sp³-hybridized carbons (Fsp3) is 0.240. The van der Waals surface area contributed by atoms with E-state index in [9.17, 15) is 4.79 Å². The van der Waals surface area contributed by atoms with Gasteiger partial charge in [0.2, 0.25) is 5.91 Å². The Morgan fingerprint density at radius 2 is 2.00 bits per heavy atom. The summed E-state index contributed by atoms with van der Waals surface area (Å²) in [5.41, 5.74) is 4.85. The third-order valence-electron chi connectivity index (χ3n) is 5.24. The molecule has 4 aromatic rings. The molecule has 2 heterocycles. The molecule has 2 aromatic carbocycles. The zero-order chi connectivity index (χ0) is 22.5. The van der Waals surface area contributed by atoms with Crippen molar-refractivity contribution in [3.05, 3.63) is 78.1 Å². The number of pyridine rings is 1. The molecule has 32 heavy (non-hydrogen) atoms. The monoisotopic (exact) mass is 446 g/mol. The number of likely N-dealkylation sites (N-methyl/N-ethyl adjacent to an activating group) is 1. The molecule has 164 valence electrons. The topological polar surface area (TPSA) is 60.2 Å². The molecule has 4 rings (SSSR count). The van der Waals surface area contributed by atoms with E-state index in [1.165, 1.54) is 0 Å². The molecule has 0 N–H and O–H groups in total. The van der Waals surface area contributed by atoms with E-state index in [2.05, 4.69) is 11.1 Å². The zero-order valence-electron chi connectivity index (χ0n) is 18.5. The number of aromatic nitrogens is 3. The van der Waals surface area contributed by atoms with E-state index in [1.54, 1.807) is 31.3 Å². The third-order valence-corrected chi connectivity index (χ3v) is 6.29. The number of carbonyl (C=O) groups is 1. The number of nitrogens with zero attached hydrogens (tertiary/aromatic N) is 4. The largest absolute Gasteiger partial charge is 0.497 e. The number of imidazole rings is 1. The predicted molar refractivity (Wildman–Crippen MR) is 129 cm³/mol. The maximum absolute atomic E-state index is 13.3. The van der Waals surface area contributed by atoms with Gasteiger partial charge in [0, 0.05) is 24.2 Å². The van der Waals surface area contributed by atoms with Gasteiger partial charge in [0.15, 0.2) is 5.16 Å². The van der Waals surface area contributed by atoms with Crippen molar-refractivity contribution < 1.29 is 9.53 Å². The number of rotatable bonds is 8. The van der Waals surface area contributed by atoms with Crippen molar-refractivity contribution in [3.63, 3.8) is 0 Å². The van der Waals surface area contributed by atoms with Crippen LogP contribution >= 0.6 is 11.8 Å². The number of methoxy groups -OCH3 is 1. The summed E-state index contributed by atoms with van der Waals surface area (Å²) in [5.74, 6) is 1.56. The highest BCUT2D eigenvalue weighted by atomic mass is 32.2. The first-order valence-corrected chi connectivity index (χ1v) is 11.5. The van der Waals surface area contributed by atoms with Crippen molar-refractivity contribution >= 4 is 34.4 Å². The molecule has 0 bridgehead atoms. The summed E-state index contributed by atoms with van der Waals surface area (Å²) in [4.78, 5) is 24.2. The molecule has 0 atom stereocenters. The maximum atomic E-state index is 13.3. The Morgan fingerprint density at radius 1 is 1.16 bits per heavy atom. The highest BCUT2D eigenvalue weighted by Crippen LogP contribution is 2.28. The minimum Gasteiger partial charge on any atom is -0.497 e. The van der Waals surface area contributed by atoms with Crippen LogP contribution in [0.1, 0.15) is 18.1 Å². The van der Waals surface area contributed by atoms with Gasteiger partial charge >= 0.3 is 0 Å². The Balaban J connectivity index is 1.61. The van der Waals surface area contributed by atoms with Crippen LogP contribution in [0.15, 0.2) is 72.1 Å². The fourth-order valence-electron chi connectivity index (χ4n) is 3.64. The smallest absolute Gasteiger partial charge is 0.247 e. The van der Waals surface area contributed by atoms with Gasteiger partial charge in [-0.25, -0.2) is 4.98 Å². The summed E-state index contributed by atoms with van der Waals surface area (Å²) in [5, 5.41) is 0.796. The SMILES string of the molecule is CCN(C(=O)Cn1c(SCc2cccc(OC)c2)nc2ccncc21)c1cccc(C)c1. The summed E-state index contributed by atoms with van der Waals surface area (Å²) in [6, 6.07) is 17.9. The molecule has 0 aliphatic heterocycles. The van der Waals surface area contributed by atoms with Crippen LogP contribution in [0.5, 0.6) is 5.75 Å². The Hall–Kier alpha value is -3.32. The summed E-state index contributed by atoms with van der Waals surface area (Å²) >= 11 is 1.60. The predicted octanol–water partition coefficient (Wildman–Crippen LogP) is 5.09. The fourth-order valence-corrected chi connectivity index (χ4v) is 4.60. The van der Waals surface area contributed by atoms with Gasteiger partial charge < -0.3 is 14.2 Å². The molecule has 0 radical (unpaired) electrons. The quantitative estimate of drug-likeness (QED) is 0.353. The van der Waals surface area contributed by atoms with Crippen LogP contribution in [0.25, 0.3) is 11.0 Å². The number of fused-ring (bicyclic) bond motifs is 1. The molecule has 0 aliphatic carbocycles. The third kappa shape index (κ3) is 4.78. The Bertz CT molecular complexity index is 1240. The normalized spacial score (nSPS) is 11.0. The highest BCUT2D eigenvalue weighted by molar-refractivity contribution is 7.98. The molecule has 0 fully saturated rings. The van der Waals surface area contributed by atoms with E-state index in [0.29, 0.717) is 6.54 Å². The number of hydrogen-bond donors (Lipinski definition) is 0. The number of anilines is 1. The summed E-state index contributed by atoms with van der Waals surface area (Å²) in [6.45, 7) is 4.82. The second-order valence-corrected chi connectivity index (χ2v) is 8.40. The lowest BCUT2D eigenvalue weighted by Gasteiger charge is -2.22. The van der Waals surface area contributed by atoms with Gasteiger partial charge in [0.1, 0.15) is 12.3 Å². The minimum atomic E-state index is 0.0180. The number of carbonyl (C=O) groups excluding carboxylic acids is 1. The second kappa shape index (κ2) is 9.87. The second-order valence-electron chi connectivity index (χ2n) is 7.46. The molecular weight excluding hydrogens is 420 g/mol. The first-order chi connectivity index (χ1) is 15.6. The van der Waals surface area contributed by atoms with E-state index in [-0.39, 0.29) is 12.5 Å². The average Bonchev–Trinajstić information content (AvgIpc) is 3.15. The lowest BCUT2D eigenvalue weighted by atomic mass is 10.2. The van der Waals surface area contributed by atoms with E-state index in [1.807, 2.05) is 71.8 Å². The number of aryl methyl sites for hydroxylation is 1. The summed E-state index contributed by atoms with van der Waals surface area (Å²) in [6.07, 6.45) is 3.50. The van der Waals surface area contributed by atoms with Crippen molar-refractivity contribution in [2.75, 3.05) is 18.6 Å².